The lowest BCUT2D eigenvalue weighted by molar-refractivity contribution is -0.119. The van der Waals surface area contributed by atoms with Gasteiger partial charge in [0.15, 0.2) is 0 Å². The molecule has 0 unspecified atom stereocenters. The van der Waals surface area contributed by atoms with E-state index in [2.05, 4.69) is 41.7 Å². The van der Waals surface area contributed by atoms with Crippen LogP contribution < -0.4 is 5.32 Å². The predicted octanol–water partition coefficient (Wildman–Crippen LogP) is 3.74. The molecule has 1 fully saturated rings. The smallest absolute Gasteiger partial charge is 0.230 e. The average Bonchev–Trinajstić information content (AvgIpc) is 2.62. The van der Waals surface area contributed by atoms with Gasteiger partial charge >= 0.3 is 0 Å². The zero-order chi connectivity index (χ0) is 15.9. The number of nitrogens with one attached hydrogen (secondary N) is 1. The minimum atomic E-state index is 0.106. The molecule has 3 nitrogen and oxygen atoms in total. The fourth-order valence-corrected chi connectivity index (χ4v) is 3.34. The molecule has 3 rings (SSSR count). The standard InChI is InChI=1S/C19H21NO2S/c21-19(20-17-10-12-22-13-11-17)14-23-18-8-6-16(7-9-18)15-4-2-1-3-5-15/h1-9,17H,10-14H2,(H,20,21). The van der Waals surface area contributed by atoms with Gasteiger partial charge in [-0.05, 0) is 36.1 Å². The van der Waals surface area contributed by atoms with Crippen LogP contribution in [0.15, 0.2) is 59.5 Å². The number of carbonyl (C=O) groups excluding carboxylic acids is 1. The number of thioether (sulfide) groups is 1. The van der Waals surface area contributed by atoms with E-state index in [0.717, 1.165) is 31.0 Å². The molecule has 0 spiro atoms. The fraction of sp³-hybridized carbons (Fsp3) is 0.316. The van der Waals surface area contributed by atoms with Crippen molar-refractivity contribution in [2.24, 2.45) is 0 Å². The number of amides is 1. The van der Waals surface area contributed by atoms with Gasteiger partial charge in [-0.25, -0.2) is 0 Å². The van der Waals surface area contributed by atoms with Crippen molar-refractivity contribution in [2.45, 2.75) is 23.8 Å². The second kappa shape index (κ2) is 8.18. The summed E-state index contributed by atoms with van der Waals surface area (Å²) >= 11 is 1.58. The van der Waals surface area contributed by atoms with Crippen molar-refractivity contribution in [1.82, 2.24) is 5.32 Å². The van der Waals surface area contributed by atoms with E-state index in [1.807, 2.05) is 18.2 Å². The summed E-state index contributed by atoms with van der Waals surface area (Å²) < 4.78 is 5.30. The maximum atomic E-state index is 12.0. The highest BCUT2D eigenvalue weighted by Gasteiger charge is 2.15. The summed E-state index contributed by atoms with van der Waals surface area (Å²) in [5.74, 6) is 0.566. The summed E-state index contributed by atoms with van der Waals surface area (Å²) in [5.41, 5.74) is 2.41. The van der Waals surface area contributed by atoms with E-state index in [1.54, 1.807) is 11.8 Å². The molecular weight excluding hydrogens is 306 g/mol. The van der Waals surface area contributed by atoms with Gasteiger partial charge in [0.25, 0.3) is 0 Å². The van der Waals surface area contributed by atoms with Gasteiger partial charge in [0.05, 0.1) is 5.75 Å². The molecule has 1 aliphatic heterocycles. The van der Waals surface area contributed by atoms with E-state index in [9.17, 15) is 4.79 Å². The molecule has 2 aromatic carbocycles. The summed E-state index contributed by atoms with van der Waals surface area (Å²) in [7, 11) is 0. The number of hydrogen-bond acceptors (Lipinski definition) is 3. The van der Waals surface area contributed by atoms with Crippen molar-refractivity contribution >= 4 is 17.7 Å². The third kappa shape index (κ3) is 4.85. The first-order chi connectivity index (χ1) is 11.3. The quantitative estimate of drug-likeness (QED) is 0.850. The highest BCUT2D eigenvalue weighted by molar-refractivity contribution is 8.00. The van der Waals surface area contributed by atoms with E-state index in [-0.39, 0.29) is 11.9 Å². The molecule has 4 heteroatoms. The van der Waals surface area contributed by atoms with E-state index in [0.29, 0.717) is 5.75 Å². The second-order valence-electron chi connectivity index (χ2n) is 5.63. The maximum absolute atomic E-state index is 12.0. The Bertz CT molecular complexity index is 622. The highest BCUT2D eigenvalue weighted by Crippen LogP contribution is 2.24. The first-order valence-corrected chi connectivity index (χ1v) is 8.95. The van der Waals surface area contributed by atoms with E-state index in [1.165, 1.54) is 11.1 Å². The SMILES string of the molecule is O=C(CSc1ccc(-c2ccccc2)cc1)NC1CCOCC1. The van der Waals surface area contributed by atoms with Gasteiger partial charge in [0, 0.05) is 24.2 Å². The third-order valence-electron chi connectivity index (χ3n) is 3.92. The molecule has 1 amide bonds. The monoisotopic (exact) mass is 327 g/mol. The Hall–Kier alpha value is -1.78. The summed E-state index contributed by atoms with van der Waals surface area (Å²) in [5, 5.41) is 3.09. The molecule has 0 radical (unpaired) electrons. The van der Waals surface area contributed by atoms with Gasteiger partial charge in [-0.2, -0.15) is 0 Å². The summed E-state index contributed by atoms with van der Waals surface area (Å²) in [4.78, 5) is 13.1. The van der Waals surface area contributed by atoms with Crippen LogP contribution in [0.4, 0.5) is 0 Å². The maximum Gasteiger partial charge on any atom is 0.230 e. The van der Waals surface area contributed by atoms with Crippen LogP contribution >= 0.6 is 11.8 Å². The lowest BCUT2D eigenvalue weighted by atomic mass is 10.1. The summed E-state index contributed by atoms with van der Waals surface area (Å²) in [6.07, 6.45) is 1.84. The first-order valence-electron chi connectivity index (χ1n) is 7.97. The molecular formula is C19H21NO2S. The van der Waals surface area contributed by atoms with Crippen molar-refractivity contribution in [3.05, 3.63) is 54.6 Å². The minimum absolute atomic E-state index is 0.106. The molecule has 1 saturated heterocycles. The van der Waals surface area contributed by atoms with Crippen molar-refractivity contribution < 1.29 is 9.53 Å². The van der Waals surface area contributed by atoms with Gasteiger partial charge in [-0.15, -0.1) is 11.8 Å². The Morgan fingerprint density at radius 2 is 1.65 bits per heavy atom. The first kappa shape index (κ1) is 16.1. The van der Waals surface area contributed by atoms with Gasteiger partial charge in [-0.3, -0.25) is 4.79 Å². The lowest BCUT2D eigenvalue weighted by Gasteiger charge is -2.23. The molecule has 0 aromatic heterocycles. The van der Waals surface area contributed by atoms with E-state index >= 15 is 0 Å². The van der Waals surface area contributed by atoms with Crippen LogP contribution in [0, 0.1) is 0 Å². The van der Waals surface area contributed by atoms with Crippen molar-refractivity contribution in [3.63, 3.8) is 0 Å². The predicted molar refractivity (Wildman–Crippen MR) is 94.6 cm³/mol. The Morgan fingerprint density at radius 1 is 1.00 bits per heavy atom. The number of benzene rings is 2. The Balaban J connectivity index is 1.49. The summed E-state index contributed by atoms with van der Waals surface area (Å²) in [6, 6.07) is 18.9. The molecule has 23 heavy (non-hydrogen) atoms. The minimum Gasteiger partial charge on any atom is -0.381 e. The van der Waals surface area contributed by atoms with Crippen molar-refractivity contribution in [1.29, 1.82) is 0 Å². The highest BCUT2D eigenvalue weighted by atomic mass is 32.2. The molecule has 0 saturated carbocycles. The molecule has 120 valence electrons. The Kier molecular flexibility index (Phi) is 5.72. The second-order valence-corrected chi connectivity index (χ2v) is 6.68. The zero-order valence-electron chi connectivity index (χ0n) is 13.0. The normalized spacial score (nSPS) is 15.3. The zero-order valence-corrected chi connectivity index (χ0v) is 13.9. The molecule has 1 heterocycles. The van der Waals surface area contributed by atoms with Crippen LogP contribution in [-0.4, -0.2) is 30.9 Å². The van der Waals surface area contributed by atoms with Gasteiger partial charge in [-0.1, -0.05) is 42.5 Å². The molecule has 2 aromatic rings. The van der Waals surface area contributed by atoms with Crippen LogP contribution in [0.3, 0.4) is 0 Å². The molecule has 0 bridgehead atoms. The van der Waals surface area contributed by atoms with Crippen LogP contribution in [0.1, 0.15) is 12.8 Å². The van der Waals surface area contributed by atoms with Gasteiger partial charge < -0.3 is 10.1 Å². The van der Waals surface area contributed by atoms with Gasteiger partial charge in [0.2, 0.25) is 5.91 Å². The van der Waals surface area contributed by atoms with Crippen LogP contribution in [0.25, 0.3) is 11.1 Å². The van der Waals surface area contributed by atoms with Crippen LogP contribution in [-0.2, 0) is 9.53 Å². The fourth-order valence-electron chi connectivity index (χ4n) is 2.63. The number of hydrogen-bond donors (Lipinski definition) is 1. The largest absolute Gasteiger partial charge is 0.381 e. The topological polar surface area (TPSA) is 38.3 Å². The lowest BCUT2D eigenvalue weighted by Crippen LogP contribution is -2.39. The Labute approximate surface area is 141 Å². The molecule has 1 aliphatic rings. The van der Waals surface area contributed by atoms with Crippen molar-refractivity contribution in [3.8, 4) is 11.1 Å². The molecule has 0 atom stereocenters. The Morgan fingerprint density at radius 3 is 2.35 bits per heavy atom. The van der Waals surface area contributed by atoms with Crippen molar-refractivity contribution in [2.75, 3.05) is 19.0 Å². The molecule has 0 aliphatic carbocycles. The van der Waals surface area contributed by atoms with Crippen LogP contribution in [0.5, 0.6) is 0 Å². The van der Waals surface area contributed by atoms with Gasteiger partial charge in [0.1, 0.15) is 0 Å². The summed E-state index contributed by atoms with van der Waals surface area (Å²) in [6.45, 7) is 1.50. The average molecular weight is 327 g/mol. The molecule has 1 N–H and O–H groups in total. The van der Waals surface area contributed by atoms with E-state index in [4.69, 9.17) is 4.74 Å². The van der Waals surface area contributed by atoms with Crippen LogP contribution in [0.2, 0.25) is 0 Å². The number of carbonyl (C=O) groups is 1. The van der Waals surface area contributed by atoms with E-state index < -0.39 is 0 Å². The number of rotatable bonds is 5. The third-order valence-corrected chi connectivity index (χ3v) is 4.93. The number of ether oxygens (including phenoxy) is 1.